The Morgan fingerprint density at radius 3 is 2.80 bits per heavy atom. The van der Waals surface area contributed by atoms with Crippen molar-refractivity contribution >= 4 is 22.8 Å². The molecule has 9 nitrogen and oxygen atoms in total. The van der Waals surface area contributed by atoms with Gasteiger partial charge in [0, 0.05) is 5.56 Å². The van der Waals surface area contributed by atoms with Gasteiger partial charge in [-0.05, 0) is 30.3 Å². The molecule has 3 aromatic rings. The predicted molar refractivity (Wildman–Crippen MR) is 105 cm³/mol. The molecule has 30 heavy (non-hydrogen) atoms. The molecule has 2 aliphatic heterocycles. The molecule has 0 spiro atoms. The molecular weight excluding hydrogens is 412 g/mol. The number of aromatic amines is 1. The van der Waals surface area contributed by atoms with Gasteiger partial charge in [-0.3, -0.25) is 0 Å². The molecule has 2 aromatic heterocycles. The van der Waals surface area contributed by atoms with Crippen LogP contribution < -0.4 is 9.47 Å². The number of H-pyrrole nitrogens is 1. The Bertz CT molecular complexity index is 1110. The number of aliphatic hydroxyl groups excluding tert-OH is 1. The van der Waals surface area contributed by atoms with Crippen molar-refractivity contribution in [3.63, 3.8) is 0 Å². The van der Waals surface area contributed by atoms with Gasteiger partial charge in [0.2, 0.25) is 0 Å². The minimum absolute atomic E-state index is 0.0159. The van der Waals surface area contributed by atoms with E-state index in [1.165, 1.54) is 0 Å². The van der Waals surface area contributed by atoms with E-state index in [0.717, 1.165) is 5.56 Å². The fourth-order valence-electron chi connectivity index (χ4n) is 3.67. The molecule has 10 heteroatoms. The van der Waals surface area contributed by atoms with Crippen LogP contribution in [-0.4, -0.2) is 64.3 Å². The summed E-state index contributed by atoms with van der Waals surface area (Å²) in [6.45, 7) is 0.525. The van der Waals surface area contributed by atoms with Crippen LogP contribution in [0.15, 0.2) is 30.3 Å². The topological polar surface area (TPSA) is 123 Å². The van der Waals surface area contributed by atoms with Crippen LogP contribution in [0.25, 0.3) is 22.4 Å². The molecule has 0 radical (unpaired) electrons. The average molecular weight is 429 g/mol. The zero-order valence-corrected chi connectivity index (χ0v) is 16.4. The summed E-state index contributed by atoms with van der Waals surface area (Å²) in [6.07, 6.45) is -1.72. The Morgan fingerprint density at radius 1 is 1.20 bits per heavy atom. The number of benzene rings is 1. The quantitative estimate of drug-likeness (QED) is 0.633. The number of nitrogens with zero attached hydrogens (tertiary/aromatic N) is 3. The summed E-state index contributed by atoms with van der Waals surface area (Å²) in [5.74, 6) is 0.587. The summed E-state index contributed by atoms with van der Waals surface area (Å²) >= 11 is 6.44. The number of pyridine rings is 1. The van der Waals surface area contributed by atoms with Gasteiger partial charge in [-0.15, -0.1) is 0 Å². The maximum atomic E-state index is 9.85. The van der Waals surface area contributed by atoms with Crippen molar-refractivity contribution < 1.29 is 24.1 Å². The van der Waals surface area contributed by atoms with Crippen LogP contribution >= 0.6 is 11.6 Å². The first-order valence-corrected chi connectivity index (χ1v) is 9.74. The number of halogens is 1. The zero-order chi connectivity index (χ0) is 20.7. The van der Waals surface area contributed by atoms with Crippen LogP contribution in [-0.2, 0) is 9.47 Å². The second kappa shape index (κ2) is 7.74. The third-order valence-corrected chi connectivity index (χ3v) is 5.37. The van der Waals surface area contributed by atoms with Gasteiger partial charge in [0.1, 0.15) is 30.1 Å². The Balaban J connectivity index is 1.37. The van der Waals surface area contributed by atoms with Crippen molar-refractivity contribution in [2.45, 2.75) is 24.4 Å². The van der Waals surface area contributed by atoms with E-state index < -0.39 is 6.10 Å². The number of aromatic nitrogens is 3. The molecule has 0 bridgehead atoms. The van der Waals surface area contributed by atoms with Gasteiger partial charge in [0.15, 0.2) is 18.4 Å². The minimum Gasteiger partial charge on any atom is -0.479 e. The molecule has 2 saturated heterocycles. The lowest BCUT2D eigenvalue weighted by Crippen LogP contribution is -2.34. The monoisotopic (exact) mass is 428 g/mol. The molecule has 5 rings (SSSR count). The Kier molecular flexibility index (Phi) is 4.92. The van der Waals surface area contributed by atoms with Gasteiger partial charge in [-0.1, -0.05) is 11.6 Å². The van der Waals surface area contributed by atoms with E-state index >= 15 is 0 Å². The number of hydrogen-bond donors (Lipinski definition) is 2. The van der Waals surface area contributed by atoms with E-state index in [4.69, 9.17) is 35.8 Å². The second-order valence-corrected chi connectivity index (χ2v) is 7.43. The number of nitriles is 1. The van der Waals surface area contributed by atoms with Crippen molar-refractivity contribution in [3.05, 3.63) is 35.4 Å². The second-order valence-electron chi connectivity index (χ2n) is 7.02. The van der Waals surface area contributed by atoms with Crippen LogP contribution in [0.1, 0.15) is 0 Å². The predicted octanol–water partition coefficient (Wildman–Crippen LogP) is 2.09. The Labute approximate surface area is 176 Å². The summed E-state index contributed by atoms with van der Waals surface area (Å²) in [4.78, 5) is 12.0. The SMILES string of the molecule is N#CCOc1ccc(-c2nc3nc(O[C@@H]4CO[C@H]5[C@@H]4OC[C@H]5O)[nH]c3cc2Cl)cc1. The first-order chi connectivity index (χ1) is 14.6. The van der Waals surface area contributed by atoms with Gasteiger partial charge in [0.05, 0.1) is 29.4 Å². The van der Waals surface area contributed by atoms with Gasteiger partial charge in [-0.2, -0.15) is 10.2 Å². The molecule has 0 unspecified atom stereocenters. The Morgan fingerprint density at radius 2 is 2.00 bits per heavy atom. The standard InChI is InChI=1S/C20H17ClN4O5/c21-12-7-13-19(24-16(12)10-1-3-11(4-2-10)27-6-5-22)25-20(23-13)30-15-9-29-17-14(26)8-28-18(15)17/h1-4,7,14-15,17-18,26H,6,8-9H2,(H,23,24,25)/t14-,15-,17-,18-/m1/s1. The van der Waals surface area contributed by atoms with Crippen molar-refractivity contribution in [1.29, 1.82) is 5.26 Å². The molecule has 2 fully saturated rings. The number of nitrogens with one attached hydrogen (secondary N) is 1. The van der Waals surface area contributed by atoms with Crippen molar-refractivity contribution in [3.8, 4) is 29.1 Å². The molecule has 1 aromatic carbocycles. The third-order valence-electron chi connectivity index (χ3n) is 5.08. The lowest BCUT2D eigenvalue weighted by atomic mass is 10.1. The maximum Gasteiger partial charge on any atom is 0.296 e. The van der Waals surface area contributed by atoms with Gasteiger partial charge >= 0.3 is 0 Å². The molecule has 4 atom stereocenters. The fourth-order valence-corrected chi connectivity index (χ4v) is 3.93. The highest BCUT2D eigenvalue weighted by atomic mass is 35.5. The zero-order valence-electron chi connectivity index (χ0n) is 15.6. The number of imidazole rings is 1. The number of ether oxygens (including phenoxy) is 4. The minimum atomic E-state index is -0.640. The lowest BCUT2D eigenvalue weighted by Gasteiger charge is -2.15. The van der Waals surface area contributed by atoms with Crippen molar-refractivity contribution in [1.82, 2.24) is 15.0 Å². The van der Waals surface area contributed by atoms with Crippen molar-refractivity contribution in [2.75, 3.05) is 19.8 Å². The highest BCUT2D eigenvalue weighted by Gasteiger charge is 2.48. The highest BCUT2D eigenvalue weighted by Crippen LogP contribution is 2.32. The van der Waals surface area contributed by atoms with Crippen LogP contribution in [0.5, 0.6) is 11.8 Å². The van der Waals surface area contributed by atoms with E-state index in [9.17, 15) is 5.11 Å². The molecule has 2 aliphatic rings. The normalized spacial score (nSPS) is 25.2. The van der Waals surface area contributed by atoms with Crippen LogP contribution in [0.2, 0.25) is 5.02 Å². The van der Waals surface area contributed by atoms with Crippen LogP contribution in [0.3, 0.4) is 0 Å². The summed E-state index contributed by atoms with van der Waals surface area (Å²) < 4.78 is 22.3. The number of hydrogen-bond acceptors (Lipinski definition) is 8. The first-order valence-electron chi connectivity index (χ1n) is 9.37. The number of fused-ring (bicyclic) bond motifs is 2. The summed E-state index contributed by atoms with van der Waals surface area (Å²) in [5, 5.41) is 18.9. The van der Waals surface area contributed by atoms with Gasteiger partial charge in [0.25, 0.3) is 6.01 Å². The van der Waals surface area contributed by atoms with Gasteiger partial charge in [-0.25, -0.2) is 4.98 Å². The lowest BCUT2D eigenvalue weighted by molar-refractivity contribution is 0.00706. The Hall–Kier alpha value is -2.90. The smallest absolute Gasteiger partial charge is 0.296 e. The van der Waals surface area contributed by atoms with Crippen molar-refractivity contribution in [2.24, 2.45) is 0 Å². The van der Waals surface area contributed by atoms with Gasteiger partial charge < -0.3 is 29.0 Å². The van der Waals surface area contributed by atoms with Crippen LogP contribution in [0.4, 0.5) is 0 Å². The van der Waals surface area contributed by atoms with E-state index in [-0.39, 0.29) is 37.5 Å². The van der Waals surface area contributed by atoms with E-state index in [1.807, 2.05) is 18.2 Å². The maximum absolute atomic E-state index is 9.85. The summed E-state index contributed by atoms with van der Waals surface area (Å²) in [6, 6.07) is 11.1. The summed E-state index contributed by atoms with van der Waals surface area (Å²) in [7, 11) is 0. The number of aliphatic hydroxyl groups is 1. The number of rotatable bonds is 5. The first kappa shape index (κ1) is 19.1. The molecule has 2 N–H and O–H groups in total. The summed E-state index contributed by atoms with van der Waals surface area (Å²) in [5.41, 5.74) is 2.45. The highest BCUT2D eigenvalue weighted by molar-refractivity contribution is 6.33. The molecule has 0 amide bonds. The fraction of sp³-hybridized carbons (Fsp3) is 0.350. The molecule has 0 aliphatic carbocycles. The molecule has 0 saturated carbocycles. The third kappa shape index (κ3) is 3.44. The largest absolute Gasteiger partial charge is 0.479 e. The average Bonchev–Trinajstić information content (AvgIpc) is 3.43. The molecular formula is C20H17ClN4O5. The molecule has 154 valence electrons. The molecule has 4 heterocycles. The van der Waals surface area contributed by atoms with E-state index in [1.54, 1.807) is 18.2 Å². The van der Waals surface area contributed by atoms with Crippen LogP contribution in [0, 0.1) is 11.3 Å². The van der Waals surface area contributed by atoms with E-state index in [0.29, 0.717) is 34.2 Å². The van der Waals surface area contributed by atoms with E-state index in [2.05, 4.69) is 15.0 Å².